The molecule has 0 unspecified atom stereocenters. The van der Waals surface area contributed by atoms with Crippen molar-refractivity contribution in [3.8, 4) is 0 Å². The predicted octanol–water partition coefficient (Wildman–Crippen LogP) is 4.19. The molecule has 116 valence electrons. The predicted molar refractivity (Wildman–Crippen MR) is 93.1 cm³/mol. The van der Waals surface area contributed by atoms with Crippen molar-refractivity contribution in [3.63, 3.8) is 0 Å². The molecule has 0 radical (unpaired) electrons. The van der Waals surface area contributed by atoms with E-state index in [0.717, 1.165) is 5.69 Å². The van der Waals surface area contributed by atoms with Crippen LogP contribution in [-0.4, -0.2) is 15.2 Å². The van der Waals surface area contributed by atoms with Crippen molar-refractivity contribution in [2.24, 2.45) is 0 Å². The fourth-order valence-corrected chi connectivity index (χ4v) is 2.34. The minimum atomic E-state index is 0.418. The molecule has 3 rings (SSSR count). The number of nitrogens with one attached hydrogen (secondary N) is 2. The second kappa shape index (κ2) is 7.07. The normalized spacial score (nSPS) is 10.3. The highest BCUT2D eigenvalue weighted by molar-refractivity contribution is 6.30. The van der Waals surface area contributed by atoms with Gasteiger partial charge in [0.1, 0.15) is 0 Å². The molecule has 0 spiro atoms. The Morgan fingerprint density at radius 2 is 1.96 bits per heavy atom. The number of nitrogens with zero attached hydrogens (tertiary/aromatic N) is 3. The highest BCUT2D eigenvalue weighted by Gasteiger charge is 2.02. The average molecular weight is 326 g/mol. The lowest BCUT2D eigenvalue weighted by atomic mass is 10.1. The highest BCUT2D eigenvalue weighted by atomic mass is 35.5. The summed E-state index contributed by atoms with van der Waals surface area (Å²) in [6, 6.07) is 15.7. The summed E-state index contributed by atoms with van der Waals surface area (Å²) in [5.41, 5.74) is 3.23. The molecule has 2 aromatic carbocycles. The monoisotopic (exact) mass is 325 g/mol. The van der Waals surface area contributed by atoms with E-state index < -0.39 is 0 Å². The van der Waals surface area contributed by atoms with Crippen LogP contribution in [0.3, 0.4) is 0 Å². The van der Waals surface area contributed by atoms with Crippen LogP contribution in [-0.2, 0) is 6.54 Å². The van der Waals surface area contributed by atoms with Crippen molar-refractivity contribution in [3.05, 3.63) is 70.9 Å². The van der Waals surface area contributed by atoms with Crippen molar-refractivity contribution in [1.29, 1.82) is 0 Å². The smallest absolute Gasteiger partial charge is 0.249 e. The first-order chi connectivity index (χ1) is 11.2. The molecule has 3 aromatic rings. The number of hydrogen-bond donors (Lipinski definition) is 2. The number of aromatic nitrogens is 3. The first-order valence-corrected chi connectivity index (χ1v) is 7.58. The van der Waals surface area contributed by atoms with Gasteiger partial charge in [0.15, 0.2) is 5.82 Å². The quantitative estimate of drug-likeness (QED) is 0.736. The molecule has 0 aliphatic carbocycles. The largest absolute Gasteiger partial charge is 0.365 e. The molecule has 0 atom stereocenters. The molecule has 0 aliphatic heterocycles. The van der Waals surface area contributed by atoms with Crippen molar-refractivity contribution in [2.75, 3.05) is 10.6 Å². The van der Waals surface area contributed by atoms with Crippen LogP contribution in [0.5, 0.6) is 0 Å². The van der Waals surface area contributed by atoms with Crippen molar-refractivity contribution in [1.82, 2.24) is 15.2 Å². The minimum Gasteiger partial charge on any atom is -0.365 e. The second-order valence-corrected chi connectivity index (χ2v) is 5.58. The zero-order chi connectivity index (χ0) is 16.1. The van der Waals surface area contributed by atoms with Gasteiger partial charge in [-0.15, -0.1) is 5.10 Å². The van der Waals surface area contributed by atoms with Crippen molar-refractivity contribution in [2.45, 2.75) is 13.5 Å². The Bertz CT molecular complexity index is 806. The summed E-state index contributed by atoms with van der Waals surface area (Å²) < 4.78 is 0. The van der Waals surface area contributed by atoms with E-state index in [2.05, 4.69) is 50.9 Å². The molecule has 0 fully saturated rings. The molecule has 0 saturated carbocycles. The van der Waals surface area contributed by atoms with Gasteiger partial charge in [-0.3, -0.25) is 0 Å². The molecular formula is C17H16ClN5. The molecule has 23 heavy (non-hydrogen) atoms. The van der Waals surface area contributed by atoms with Crippen LogP contribution in [0.25, 0.3) is 0 Å². The maximum Gasteiger partial charge on any atom is 0.249 e. The number of hydrogen-bond acceptors (Lipinski definition) is 5. The summed E-state index contributed by atoms with van der Waals surface area (Å²) in [7, 11) is 0. The first kappa shape index (κ1) is 15.2. The van der Waals surface area contributed by atoms with Gasteiger partial charge in [0.25, 0.3) is 0 Å². The summed E-state index contributed by atoms with van der Waals surface area (Å²) in [6.07, 6.45) is 1.60. The Balaban J connectivity index is 1.67. The number of halogens is 1. The number of benzene rings is 2. The Morgan fingerprint density at radius 1 is 1.09 bits per heavy atom. The summed E-state index contributed by atoms with van der Waals surface area (Å²) >= 11 is 5.96. The summed E-state index contributed by atoms with van der Waals surface area (Å²) in [4.78, 5) is 4.40. The maximum absolute atomic E-state index is 5.96. The first-order valence-electron chi connectivity index (χ1n) is 7.21. The Hall–Kier alpha value is -2.66. The van der Waals surface area contributed by atoms with Gasteiger partial charge in [-0.25, -0.2) is 0 Å². The van der Waals surface area contributed by atoms with E-state index in [0.29, 0.717) is 23.3 Å². The van der Waals surface area contributed by atoms with E-state index in [1.165, 1.54) is 11.1 Å². The Labute approximate surface area is 139 Å². The zero-order valence-electron chi connectivity index (χ0n) is 12.6. The van der Waals surface area contributed by atoms with Gasteiger partial charge in [0.2, 0.25) is 5.95 Å². The Kier molecular flexibility index (Phi) is 4.68. The van der Waals surface area contributed by atoms with Crippen molar-refractivity contribution >= 4 is 29.1 Å². The standard InChI is InChI=1S/C17H16ClN5/c1-12-4-2-5-13(8-12)10-19-16-11-20-23-17(22-16)21-15-7-3-6-14(18)9-15/h2-9,11H,10H2,1H3,(H2,19,21,22,23). The maximum atomic E-state index is 5.96. The third-order valence-corrected chi connectivity index (χ3v) is 3.43. The number of anilines is 3. The lowest BCUT2D eigenvalue weighted by molar-refractivity contribution is 0.965. The highest BCUT2D eigenvalue weighted by Crippen LogP contribution is 2.18. The van der Waals surface area contributed by atoms with E-state index in [9.17, 15) is 0 Å². The van der Waals surface area contributed by atoms with E-state index in [1.54, 1.807) is 12.3 Å². The number of rotatable bonds is 5. The Morgan fingerprint density at radius 3 is 2.78 bits per heavy atom. The summed E-state index contributed by atoms with van der Waals surface area (Å²) in [6.45, 7) is 2.75. The van der Waals surface area contributed by atoms with E-state index >= 15 is 0 Å². The van der Waals surface area contributed by atoms with Crippen LogP contribution >= 0.6 is 11.6 Å². The van der Waals surface area contributed by atoms with Crippen LogP contribution in [0, 0.1) is 6.92 Å². The molecular weight excluding hydrogens is 310 g/mol. The van der Waals surface area contributed by atoms with Gasteiger partial charge >= 0.3 is 0 Å². The topological polar surface area (TPSA) is 62.7 Å². The molecule has 1 aromatic heterocycles. The van der Waals surface area contributed by atoms with Gasteiger partial charge in [-0.05, 0) is 30.7 Å². The molecule has 0 aliphatic rings. The van der Waals surface area contributed by atoms with Gasteiger partial charge in [0, 0.05) is 17.3 Å². The second-order valence-electron chi connectivity index (χ2n) is 5.14. The van der Waals surface area contributed by atoms with Crippen LogP contribution < -0.4 is 10.6 Å². The van der Waals surface area contributed by atoms with Crippen LogP contribution in [0.15, 0.2) is 54.7 Å². The molecule has 0 bridgehead atoms. The van der Waals surface area contributed by atoms with Gasteiger partial charge in [0.05, 0.1) is 6.20 Å². The third-order valence-electron chi connectivity index (χ3n) is 3.20. The molecule has 6 heteroatoms. The van der Waals surface area contributed by atoms with Crippen molar-refractivity contribution < 1.29 is 0 Å². The van der Waals surface area contributed by atoms with Gasteiger partial charge in [-0.2, -0.15) is 10.1 Å². The number of aryl methyl sites for hydroxylation is 1. The van der Waals surface area contributed by atoms with Crippen LogP contribution in [0.1, 0.15) is 11.1 Å². The van der Waals surface area contributed by atoms with Crippen LogP contribution in [0.2, 0.25) is 5.02 Å². The lowest BCUT2D eigenvalue weighted by Gasteiger charge is -2.08. The minimum absolute atomic E-state index is 0.418. The van der Waals surface area contributed by atoms with E-state index in [-0.39, 0.29) is 0 Å². The molecule has 2 N–H and O–H groups in total. The van der Waals surface area contributed by atoms with E-state index in [1.807, 2.05) is 24.3 Å². The van der Waals surface area contributed by atoms with Gasteiger partial charge < -0.3 is 10.6 Å². The van der Waals surface area contributed by atoms with Crippen LogP contribution in [0.4, 0.5) is 17.5 Å². The molecule has 0 amide bonds. The van der Waals surface area contributed by atoms with E-state index in [4.69, 9.17) is 11.6 Å². The fraction of sp³-hybridized carbons (Fsp3) is 0.118. The fourth-order valence-electron chi connectivity index (χ4n) is 2.15. The SMILES string of the molecule is Cc1cccc(CNc2cnnc(Nc3cccc(Cl)c3)n2)c1. The summed E-state index contributed by atoms with van der Waals surface area (Å²) in [5.74, 6) is 1.08. The zero-order valence-corrected chi connectivity index (χ0v) is 13.4. The molecule has 5 nitrogen and oxygen atoms in total. The third kappa shape index (κ3) is 4.40. The molecule has 0 saturated heterocycles. The lowest BCUT2D eigenvalue weighted by Crippen LogP contribution is -2.05. The summed E-state index contributed by atoms with van der Waals surface area (Å²) in [5, 5.41) is 14.9. The average Bonchev–Trinajstić information content (AvgIpc) is 2.53. The molecule has 1 heterocycles. The van der Waals surface area contributed by atoms with Gasteiger partial charge in [-0.1, -0.05) is 47.5 Å².